The predicted molar refractivity (Wildman–Crippen MR) is 115 cm³/mol. The van der Waals surface area contributed by atoms with Crippen LogP contribution in [-0.2, 0) is 17.9 Å². The molecule has 0 atom stereocenters. The molecule has 1 aliphatic heterocycles. The molecular weight excluding hydrogens is 364 g/mol. The van der Waals surface area contributed by atoms with Gasteiger partial charge in [0.25, 0.3) is 0 Å². The lowest BCUT2D eigenvalue weighted by atomic mass is 10.1. The van der Waals surface area contributed by atoms with E-state index in [2.05, 4.69) is 30.4 Å². The van der Waals surface area contributed by atoms with Gasteiger partial charge in [-0.05, 0) is 62.1 Å². The number of hydrogen-bond donors (Lipinski definition) is 1. The number of benzene rings is 2. The quantitative estimate of drug-likeness (QED) is 0.582. The maximum Gasteiger partial charge on any atom is 0.222 e. The van der Waals surface area contributed by atoms with Crippen LogP contribution in [0.2, 0.25) is 0 Å². The molecule has 2 aromatic carbocycles. The number of nitrogens with one attached hydrogen (secondary N) is 1. The third-order valence-electron chi connectivity index (χ3n) is 5.23. The van der Waals surface area contributed by atoms with Crippen molar-refractivity contribution in [3.05, 3.63) is 59.2 Å². The monoisotopic (exact) mass is 396 g/mol. The Balaban J connectivity index is 1.49. The molecule has 5 nitrogen and oxygen atoms in total. The summed E-state index contributed by atoms with van der Waals surface area (Å²) in [5, 5.41) is 3.46. The SMILES string of the molecule is CCOc1cc(CNCCCN2CCCC2=O)ccc1OCc1ccccc1C. The summed E-state index contributed by atoms with van der Waals surface area (Å²) in [4.78, 5) is 13.6. The first-order valence-corrected chi connectivity index (χ1v) is 10.6. The summed E-state index contributed by atoms with van der Waals surface area (Å²) in [6.07, 6.45) is 2.69. The van der Waals surface area contributed by atoms with E-state index in [1.165, 1.54) is 11.1 Å². The molecule has 1 fully saturated rings. The van der Waals surface area contributed by atoms with Crippen LogP contribution in [0.3, 0.4) is 0 Å². The molecule has 1 aliphatic rings. The fraction of sp³-hybridized carbons (Fsp3) is 0.458. The lowest BCUT2D eigenvalue weighted by molar-refractivity contribution is -0.127. The number of rotatable bonds is 11. The van der Waals surface area contributed by atoms with Crippen molar-refractivity contribution in [3.63, 3.8) is 0 Å². The van der Waals surface area contributed by atoms with Crippen molar-refractivity contribution < 1.29 is 14.3 Å². The Morgan fingerprint density at radius 2 is 1.97 bits per heavy atom. The Labute approximate surface area is 174 Å². The highest BCUT2D eigenvalue weighted by molar-refractivity contribution is 5.77. The molecule has 0 bridgehead atoms. The van der Waals surface area contributed by atoms with Crippen molar-refractivity contribution in [2.24, 2.45) is 0 Å². The number of carbonyl (C=O) groups is 1. The Hall–Kier alpha value is -2.53. The second-order valence-corrected chi connectivity index (χ2v) is 7.44. The fourth-order valence-electron chi connectivity index (χ4n) is 3.55. The molecule has 1 N–H and O–H groups in total. The van der Waals surface area contributed by atoms with E-state index in [4.69, 9.17) is 9.47 Å². The van der Waals surface area contributed by atoms with Gasteiger partial charge >= 0.3 is 0 Å². The standard InChI is InChI=1S/C24H32N2O3/c1-3-28-23-16-20(17-25-13-7-15-26-14-6-10-24(26)27)11-12-22(23)29-18-21-9-5-4-8-19(21)2/h4-5,8-9,11-12,16,25H,3,6-7,10,13-15,17-18H2,1-2H3. The van der Waals surface area contributed by atoms with Crippen LogP contribution in [0.25, 0.3) is 0 Å². The van der Waals surface area contributed by atoms with Crippen molar-refractivity contribution in [1.82, 2.24) is 10.2 Å². The maximum atomic E-state index is 11.6. The highest BCUT2D eigenvalue weighted by Crippen LogP contribution is 2.29. The van der Waals surface area contributed by atoms with Gasteiger partial charge in [-0.2, -0.15) is 0 Å². The summed E-state index contributed by atoms with van der Waals surface area (Å²) in [7, 11) is 0. The number of hydrogen-bond acceptors (Lipinski definition) is 4. The van der Waals surface area contributed by atoms with E-state index in [9.17, 15) is 4.79 Å². The largest absolute Gasteiger partial charge is 0.490 e. The second kappa shape index (κ2) is 10.9. The van der Waals surface area contributed by atoms with Gasteiger partial charge in [0, 0.05) is 26.1 Å². The van der Waals surface area contributed by atoms with Gasteiger partial charge in [-0.15, -0.1) is 0 Å². The lowest BCUT2D eigenvalue weighted by Gasteiger charge is -2.16. The minimum atomic E-state index is 0.299. The molecule has 0 aliphatic carbocycles. The van der Waals surface area contributed by atoms with Gasteiger partial charge in [0.05, 0.1) is 6.61 Å². The number of ether oxygens (including phenoxy) is 2. The first-order chi connectivity index (χ1) is 14.2. The third-order valence-corrected chi connectivity index (χ3v) is 5.23. The van der Waals surface area contributed by atoms with E-state index in [1.807, 2.05) is 36.1 Å². The molecule has 0 saturated carbocycles. The Morgan fingerprint density at radius 1 is 1.10 bits per heavy atom. The van der Waals surface area contributed by atoms with Crippen molar-refractivity contribution in [1.29, 1.82) is 0 Å². The van der Waals surface area contributed by atoms with Crippen LogP contribution >= 0.6 is 0 Å². The van der Waals surface area contributed by atoms with Crippen molar-refractivity contribution in [3.8, 4) is 11.5 Å². The first-order valence-electron chi connectivity index (χ1n) is 10.6. The zero-order chi connectivity index (χ0) is 20.5. The van der Waals surface area contributed by atoms with E-state index in [0.717, 1.165) is 56.1 Å². The van der Waals surface area contributed by atoms with Crippen molar-refractivity contribution in [2.45, 2.75) is 46.3 Å². The summed E-state index contributed by atoms with van der Waals surface area (Å²) >= 11 is 0. The van der Waals surface area contributed by atoms with E-state index < -0.39 is 0 Å². The highest BCUT2D eigenvalue weighted by atomic mass is 16.5. The Morgan fingerprint density at radius 3 is 2.72 bits per heavy atom. The van der Waals surface area contributed by atoms with Gasteiger partial charge in [0.1, 0.15) is 6.61 Å². The molecule has 0 aromatic heterocycles. The van der Waals surface area contributed by atoms with Crippen LogP contribution < -0.4 is 14.8 Å². The number of aryl methyl sites for hydroxylation is 1. The van der Waals surface area contributed by atoms with Gasteiger partial charge in [-0.3, -0.25) is 4.79 Å². The number of carbonyl (C=O) groups excluding carboxylic acids is 1. The van der Waals surface area contributed by atoms with Gasteiger partial charge < -0.3 is 19.7 Å². The second-order valence-electron chi connectivity index (χ2n) is 7.44. The summed E-state index contributed by atoms with van der Waals surface area (Å²) < 4.78 is 11.8. The molecule has 156 valence electrons. The summed E-state index contributed by atoms with van der Waals surface area (Å²) in [6, 6.07) is 14.4. The van der Waals surface area contributed by atoms with Crippen LogP contribution in [0.4, 0.5) is 0 Å². The first kappa shape index (κ1) is 21.2. The molecule has 1 heterocycles. The summed E-state index contributed by atoms with van der Waals surface area (Å²) in [5.41, 5.74) is 3.56. The molecule has 1 amide bonds. The van der Waals surface area contributed by atoms with Crippen LogP contribution in [0.5, 0.6) is 11.5 Å². The lowest BCUT2D eigenvalue weighted by Crippen LogP contribution is -2.28. The van der Waals surface area contributed by atoms with Crippen molar-refractivity contribution in [2.75, 3.05) is 26.2 Å². The molecular formula is C24H32N2O3. The Kier molecular flexibility index (Phi) is 7.94. The molecule has 0 spiro atoms. The zero-order valence-corrected chi connectivity index (χ0v) is 17.6. The van der Waals surface area contributed by atoms with E-state index in [1.54, 1.807) is 0 Å². The molecule has 3 rings (SSSR count). The van der Waals surface area contributed by atoms with E-state index in [0.29, 0.717) is 25.5 Å². The van der Waals surface area contributed by atoms with Crippen molar-refractivity contribution >= 4 is 5.91 Å². The molecule has 0 unspecified atom stereocenters. The molecule has 29 heavy (non-hydrogen) atoms. The van der Waals surface area contributed by atoms with Gasteiger partial charge in [-0.1, -0.05) is 30.3 Å². The minimum absolute atomic E-state index is 0.299. The van der Waals surface area contributed by atoms with Gasteiger partial charge in [0.15, 0.2) is 11.5 Å². The number of nitrogens with zero attached hydrogens (tertiary/aromatic N) is 1. The topological polar surface area (TPSA) is 50.8 Å². The molecule has 2 aromatic rings. The van der Waals surface area contributed by atoms with Crippen LogP contribution in [0.1, 0.15) is 42.9 Å². The van der Waals surface area contributed by atoms with Crippen LogP contribution in [0, 0.1) is 6.92 Å². The summed E-state index contributed by atoms with van der Waals surface area (Å²) in [5.74, 6) is 1.85. The zero-order valence-electron chi connectivity index (χ0n) is 17.6. The third kappa shape index (κ3) is 6.23. The molecule has 1 saturated heterocycles. The smallest absolute Gasteiger partial charge is 0.222 e. The normalized spacial score (nSPS) is 13.7. The van der Waals surface area contributed by atoms with Crippen LogP contribution in [-0.4, -0.2) is 37.0 Å². The molecule has 5 heteroatoms. The Bertz CT molecular complexity index is 806. The van der Waals surface area contributed by atoms with Crippen LogP contribution in [0.15, 0.2) is 42.5 Å². The van der Waals surface area contributed by atoms with Gasteiger partial charge in [0.2, 0.25) is 5.91 Å². The average Bonchev–Trinajstić information content (AvgIpc) is 3.13. The minimum Gasteiger partial charge on any atom is -0.490 e. The molecule has 0 radical (unpaired) electrons. The predicted octanol–water partition coefficient (Wildman–Crippen LogP) is 4.07. The number of likely N-dealkylation sites (tertiary alicyclic amines) is 1. The van der Waals surface area contributed by atoms with E-state index in [-0.39, 0.29) is 0 Å². The maximum absolute atomic E-state index is 11.6. The fourth-order valence-corrected chi connectivity index (χ4v) is 3.55. The number of amides is 1. The van der Waals surface area contributed by atoms with Gasteiger partial charge in [-0.25, -0.2) is 0 Å². The van der Waals surface area contributed by atoms with E-state index >= 15 is 0 Å². The highest BCUT2D eigenvalue weighted by Gasteiger charge is 2.18. The summed E-state index contributed by atoms with van der Waals surface area (Å²) in [6.45, 7) is 8.63. The average molecular weight is 397 g/mol.